The normalized spacial score (nSPS) is 20.0. The maximum atomic E-state index is 13.1. The summed E-state index contributed by atoms with van der Waals surface area (Å²) in [7, 11) is -1.94. The number of amides is 1. The van der Waals surface area contributed by atoms with Crippen molar-refractivity contribution in [1.82, 2.24) is 4.31 Å². The molecule has 0 aromatic heterocycles. The van der Waals surface area contributed by atoms with Gasteiger partial charge in [0.1, 0.15) is 0 Å². The minimum atomic E-state index is -3.59. The molecule has 1 atom stereocenters. The first kappa shape index (κ1) is 17.2. The second-order valence-corrected chi connectivity index (χ2v) is 8.91. The number of anilines is 1. The number of fused-ring (bicyclic) bond motifs is 1. The molecule has 1 heterocycles. The molecule has 5 nitrogen and oxygen atoms in total. The van der Waals surface area contributed by atoms with Crippen molar-refractivity contribution in [3.05, 3.63) is 59.7 Å². The number of rotatable bonds is 4. The number of hydrogen-bond donors (Lipinski definition) is 0. The molecule has 2 aromatic carbocycles. The van der Waals surface area contributed by atoms with Crippen LogP contribution in [0.1, 0.15) is 36.4 Å². The monoisotopic (exact) mass is 370 g/mol. The molecule has 26 heavy (non-hydrogen) atoms. The summed E-state index contributed by atoms with van der Waals surface area (Å²) in [5, 5.41) is 0. The topological polar surface area (TPSA) is 57.7 Å². The summed E-state index contributed by atoms with van der Waals surface area (Å²) in [5.74, 6) is 0.0975. The number of carbonyl (C=O) groups is 1. The van der Waals surface area contributed by atoms with Gasteiger partial charge >= 0.3 is 0 Å². The fourth-order valence-electron chi connectivity index (χ4n) is 3.97. The van der Waals surface area contributed by atoms with Gasteiger partial charge in [-0.2, -0.15) is 4.31 Å². The lowest BCUT2D eigenvalue weighted by Gasteiger charge is -2.25. The third-order valence-corrected chi connectivity index (χ3v) is 7.32. The lowest BCUT2D eigenvalue weighted by Crippen LogP contribution is -2.30. The molecule has 1 amide bonds. The molecule has 2 aromatic rings. The minimum Gasteiger partial charge on any atom is -0.312 e. The van der Waals surface area contributed by atoms with Crippen LogP contribution < -0.4 is 4.90 Å². The molecule has 0 radical (unpaired) electrons. The fraction of sp³-hybridized carbons (Fsp3) is 0.350. The highest BCUT2D eigenvalue weighted by molar-refractivity contribution is 7.89. The Morgan fingerprint density at radius 1 is 1.04 bits per heavy atom. The Morgan fingerprint density at radius 2 is 1.77 bits per heavy atom. The number of hydrogen-bond acceptors (Lipinski definition) is 3. The van der Waals surface area contributed by atoms with Gasteiger partial charge < -0.3 is 4.90 Å². The van der Waals surface area contributed by atoms with Crippen LogP contribution in [-0.4, -0.2) is 32.2 Å². The summed E-state index contributed by atoms with van der Waals surface area (Å²) < 4.78 is 27.6. The third kappa shape index (κ3) is 2.83. The summed E-state index contributed by atoms with van der Waals surface area (Å²) in [6.45, 7) is 0.698. The van der Waals surface area contributed by atoms with E-state index in [1.807, 2.05) is 18.2 Å². The van der Waals surface area contributed by atoms with Crippen molar-refractivity contribution in [3.8, 4) is 0 Å². The van der Waals surface area contributed by atoms with Gasteiger partial charge in [-0.25, -0.2) is 8.42 Å². The largest absolute Gasteiger partial charge is 0.312 e. The first-order valence-electron chi connectivity index (χ1n) is 8.95. The molecule has 0 bridgehead atoms. The maximum absolute atomic E-state index is 13.1. The van der Waals surface area contributed by atoms with E-state index < -0.39 is 10.0 Å². The average Bonchev–Trinajstić information content (AvgIpc) is 3.27. The standard InChI is InChI=1S/C20H22N2O3S/c1-21(19-13-8-15-5-2-3-6-18(15)19)26(24,25)17-11-9-16(10-12-17)22-14-4-7-20(22)23/h2-3,5-6,9-12,19H,4,7-8,13-14H2,1H3. The van der Waals surface area contributed by atoms with Crippen LogP contribution in [0.3, 0.4) is 0 Å². The molecule has 1 aliphatic heterocycles. The first-order valence-corrected chi connectivity index (χ1v) is 10.4. The van der Waals surface area contributed by atoms with Crippen LogP contribution in [0, 0.1) is 0 Å². The highest BCUT2D eigenvalue weighted by Crippen LogP contribution is 2.37. The summed E-state index contributed by atoms with van der Waals surface area (Å²) in [5.41, 5.74) is 3.08. The lowest BCUT2D eigenvalue weighted by atomic mass is 10.1. The molecule has 1 aliphatic carbocycles. The number of benzene rings is 2. The fourth-order valence-corrected chi connectivity index (χ4v) is 5.33. The first-order chi connectivity index (χ1) is 12.5. The minimum absolute atomic E-state index is 0.0975. The molecule has 1 unspecified atom stereocenters. The molecule has 0 spiro atoms. The number of carbonyl (C=O) groups excluding carboxylic acids is 1. The molecule has 6 heteroatoms. The smallest absolute Gasteiger partial charge is 0.243 e. The van der Waals surface area contributed by atoms with Gasteiger partial charge in [0.05, 0.1) is 10.9 Å². The van der Waals surface area contributed by atoms with Crippen molar-refractivity contribution in [3.63, 3.8) is 0 Å². The molecule has 2 aliphatic rings. The summed E-state index contributed by atoms with van der Waals surface area (Å²) in [6, 6.07) is 14.6. The Morgan fingerprint density at radius 3 is 2.46 bits per heavy atom. The maximum Gasteiger partial charge on any atom is 0.243 e. The van der Waals surface area contributed by atoms with Gasteiger partial charge in [-0.15, -0.1) is 0 Å². The van der Waals surface area contributed by atoms with Crippen LogP contribution in [0.15, 0.2) is 53.4 Å². The van der Waals surface area contributed by atoms with Gasteiger partial charge in [-0.05, 0) is 54.7 Å². The van der Waals surface area contributed by atoms with Gasteiger partial charge in [-0.3, -0.25) is 4.79 Å². The average molecular weight is 370 g/mol. The van der Waals surface area contributed by atoms with E-state index in [4.69, 9.17) is 0 Å². The van der Waals surface area contributed by atoms with E-state index in [9.17, 15) is 13.2 Å². The molecular weight excluding hydrogens is 348 g/mol. The molecule has 0 N–H and O–H groups in total. The summed E-state index contributed by atoms with van der Waals surface area (Å²) in [6.07, 6.45) is 3.11. The van der Waals surface area contributed by atoms with E-state index in [0.29, 0.717) is 13.0 Å². The van der Waals surface area contributed by atoms with Crippen LogP contribution in [0.25, 0.3) is 0 Å². The van der Waals surface area contributed by atoms with Gasteiger partial charge in [-0.1, -0.05) is 24.3 Å². The van der Waals surface area contributed by atoms with Crippen molar-refractivity contribution in [2.45, 2.75) is 36.6 Å². The zero-order valence-corrected chi connectivity index (χ0v) is 15.6. The quantitative estimate of drug-likeness (QED) is 0.831. The highest BCUT2D eigenvalue weighted by Gasteiger charge is 2.33. The van der Waals surface area contributed by atoms with E-state index in [1.54, 1.807) is 36.2 Å². The Bertz CT molecular complexity index is 938. The number of nitrogens with zero attached hydrogens (tertiary/aromatic N) is 2. The highest BCUT2D eigenvalue weighted by atomic mass is 32.2. The third-order valence-electron chi connectivity index (χ3n) is 5.44. The van der Waals surface area contributed by atoms with Crippen molar-refractivity contribution in [2.75, 3.05) is 18.5 Å². The van der Waals surface area contributed by atoms with Crippen molar-refractivity contribution in [1.29, 1.82) is 0 Å². The van der Waals surface area contributed by atoms with Crippen LogP contribution in [0.4, 0.5) is 5.69 Å². The Kier molecular flexibility index (Phi) is 4.32. The van der Waals surface area contributed by atoms with Crippen LogP contribution in [0.5, 0.6) is 0 Å². The molecular formula is C20H22N2O3S. The van der Waals surface area contributed by atoms with Crippen LogP contribution in [0.2, 0.25) is 0 Å². The van der Waals surface area contributed by atoms with Crippen molar-refractivity contribution >= 4 is 21.6 Å². The summed E-state index contributed by atoms with van der Waals surface area (Å²) >= 11 is 0. The Hall–Kier alpha value is -2.18. The second-order valence-electron chi connectivity index (χ2n) is 6.92. The van der Waals surface area contributed by atoms with E-state index >= 15 is 0 Å². The molecule has 1 fully saturated rings. The lowest BCUT2D eigenvalue weighted by molar-refractivity contribution is -0.117. The number of sulfonamides is 1. The van der Waals surface area contributed by atoms with Crippen LogP contribution >= 0.6 is 0 Å². The van der Waals surface area contributed by atoms with Gasteiger partial charge in [0, 0.05) is 25.7 Å². The van der Waals surface area contributed by atoms with E-state index in [-0.39, 0.29) is 16.8 Å². The van der Waals surface area contributed by atoms with E-state index in [2.05, 4.69) is 6.07 Å². The SMILES string of the molecule is CN(C1CCc2ccccc21)S(=O)(=O)c1ccc(N2CCCC2=O)cc1. The Labute approximate surface area is 154 Å². The second kappa shape index (κ2) is 6.52. The van der Waals surface area contributed by atoms with Crippen molar-refractivity contribution < 1.29 is 13.2 Å². The van der Waals surface area contributed by atoms with Crippen LogP contribution in [-0.2, 0) is 21.2 Å². The zero-order valence-electron chi connectivity index (χ0n) is 14.8. The molecule has 4 rings (SSSR count). The van der Waals surface area contributed by atoms with Gasteiger partial charge in [0.2, 0.25) is 15.9 Å². The summed E-state index contributed by atoms with van der Waals surface area (Å²) in [4.78, 5) is 13.8. The van der Waals surface area contributed by atoms with Gasteiger partial charge in [0.15, 0.2) is 0 Å². The molecule has 0 saturated carbocycles. The van der Waals surface area contributed by atoms with E-state index in [0.717, 1.165) is 30.5 Å². The molecule has 1 saturated heterocycles. The zero-order chi connectivity index (χ0) is 18.3. The number of aryl methyl sites for hydroxylation is 1. The van der Waals surface area contributed by atoms with Crippen molar-refractivity contribution in [2.24, 2.45) is 0 Å². The molecule has 136 valence electrons. The predicted octanol–water partition coefficient (Wildman–Crippen LogP) is 3.12. The Balaban J connectivity index is 1.59. The predicted molar refractivity (Wildman–Crippen MR) is 100 cm³/mol. The van der Waals surface area contributed by atoms with E-state index in [1.165, 1.54) is 9.87 Å². The van der Waals surface area contributed by atoms with Gasteiger partial charge in [0.25, 0.3) is 0 Å².